The van der Waals surface area contributed by atoms with Crippen LogP contribution in [0.2, 0.25) is 0 Å². The summed E-state index contributed by atoms with van der Waals surface area (Å²) in [5.74, 6) is 0.442. The Hall–Kier alpha value is -2.16. The SMILES string of the molecule is CC1C(COC(=O)c2ccccc2)OC(OCCOCCOCCN=[N+]=[N-])C(C)C1C. The highest BCUT2D eigenvalue weighted by Gasteiger charge is 2.40. The van der Waals surface area contributed by atoms with Crippen LogP contribution in [0.3, 0.4) is 0 Å². The molecule has 0 aliphatic carbocycles. The maximum atomic E-state index is 12.2. The normalized spacial score (nSPS) is 25.6. The molecule has 0 N–H and O–H groups in total. The largest absolute Gasteiger partial charge is 0.459 e. The molecule has 5 atom stereocenters. The highest BCUT2D eigenvalue weighted by atomic mass is 16.7. The van der Waals surface area contributed by atoms with Crippen LogP contribution in [-0.4, -0.2) is 64.5 Å². The van der Waals surface area contributed by atoms with E-state index in [-0.39, 0.29) is 36.8 Å². The van der Waals surface area contributed by atoms with Crippen molar-refractivity contribution in [1.82, 2.24) is 0 Å². The van der Waals surface area contributed by atoms with E-state index in [1.165, 1.54) is 0 Å². The van der Waals surface area contributed by atoms with Crippen LogP contribution in [-0.2, 0) is 23.7 Å². The molecule has 0 aromatic heterocycles. The summed E-state index contributed by atoms with van der Waals surface area (Å²) in [7, 11) is 0. The number of ether oxygens (including phenoxy) is 5. The zero-order valence-corrected chi connectivity index (χ0v) is 18.5. The van der Waals surface area contributed by atoms with Gasteiger partial charge in [0.05, 0.1) is 44.7 Å². The second-order valence-corrected chi connectivity index (χ2v) is 7.63. The summed E-state index contributed by atoms with van der Waals surface area (Å²) in [4.78, 5) is 14.9. The fourth-order valence-corrected chi connectivity index (χ4v) is 3.38. The van der Waals surface area contributed by atoms with Crippen molar-refractivity contribution in [2.45, 2.75) is 33.2 Å². The van der Waals surface area contributed by atoms with Gasteiger partial charge < -0.3 is 23.7 Å². The Kier molecular flexibility index (Phi) is 11.3. The van der Waals surface area contributed by atoms with Gasteiger partial charge in [0.25, 0.3) is 0 Å². The van der Waals surface area contributed by atoms with Crippen molar-refractivity contribution in [2.24, 2.45) is 22.9 Å². The van der Waals surface area contributed by atoms with Crippen molar-refractivity contribution >= 4 is 5.97 Å². The van der Waals surface area contributed by atoms with E-state index >= 15 is 0 Å². The Balaban J connectivity index is 1.69. The van der Waals surface area contributed by atoms with Gasteiger partial charge in [-0.05, 0) is 29.5 Å². The first-order valence-corrected chi connectivity index (χ1v) is 10.7. The van der Waals surface area contributed by atoms with Crippen molar-refractivity contribution in [2.75, 3.05) is 46.2 Å². The Morgan fingerprint density at radius 1 is 1.00 bits per heavy atom. The summed E-state index contributed by atoms with van der Waals surface area (Å²) >= 11 is 0. The zero-order valence-electron chi connectivity index (χ0n) is 18.5. The van der Waals surface area contributed by atoms with Crippen LogP contribution in [0.1, 0.15) is 31.1 Å². The van der Waals surface area contributed by atoms with Crippen molar-refractivity contribution in [1.29, 1.82) is 0 Å². The van der Waals surface area contributed by atoms with Gasteiger partial charge in [0, 0.05) is 17.4 Å². The van der Waals surface area contributed by atoms with E-state index in [9.17, 15) is 4.79 Å². The minimum Gasteiger partial charge on any atom is -0.459 e. The number of hydrogen-bond acceptors (Lipinski definition) is 7. The Morgan fingerprint density at radius 2 is 1.68 bits per heavy atom. The summed E-state index contributed by atoms with van der Waals surface area (Å²) in [6.45, 7) is 8.96. The van der Waals surface area contributed by atoms with Crippen LogP contribution < -0.4 is 0 Å². The van der Waals surface area contributed by atoms with E-state index in [4.69, 9.17) is 29.2 Å². The summed E-state index contributed by atoms with van der Waals surface area (Å²) in [5.41, 5.74) is 8.70. The molecule has 0 spiro atoms. The maximum absolute atomic E-state index is 12.2. The van der Waals surface area contributed by atoms with Crippen LogP contribution in [0.4, 0.5) is 0 Å². The molecule has 0 radical (unpaired) electrons. The summed E-state index contributed by atoms with van der Waals surface area (Å²) in [6.07, 6.45) is -0.607. The smallest absolute Gasteiger partial charge is 0.338 e. The lowest BCUT2D eigenvalue weighted by molar-refractivity contribution is -0.256. The molecular formula is C22H33N3O6. The van der Waals surface area contributed by atoms with Crippen molar-refractivity contribution in [3.05, 3.63) is 46.3 Å². The van der Waals surface area contributed by atoms with Crippen molar-refractivity contribution < 1.29 is 28.5 Å². The molecule has 0 amide bonds. The molecule has 9 nitrogen and oxygen atoms in total. The number of esters is 1. The van der Waals surface area contributed by atoms with Gasteiger partial charge in [0.15, 0.2) is 6.29 Å². The fourth-order valence-electron chi connectivity index (χ4n) is 3.38. The van der Waals surface area contributed by atoms with Gasteiger partial charge in [-0.15, -0.1) is 0 Å². The molecule has 5 unspecified atom stereocenters. The van der Waals surface area contributed by atoms with Gasteiger partial charge in [-0.1, -0.05) is 44.1 Å². The predicted octanol–water partition coefficient (Wildman–Crippen LogP) is 3.84. The first-order chi connectivity index (χ1) is 15.0. The van der Waals surface area contributed by atoms with Crippen molar-refractivity contribution in [3.8, 4) is 0 Å². The highest BCUT2D eigenvalue weighted by molar-refractivity contribution is 5.89. The lowest BCUT2D eigenvalue weighted by Gasteiger charge is -2.43. The zero-order chi connectivity index (χ0) is 22.5. The van der Waals surface area contributed by atoms with Gasteiger partial charge in [-0.3, -0.25) is 0 Å². The molecule has 0 bridgehead atoms. The molecule has 1 fully saturated rings. The third-order valence-corrected chi connectivity index (χ3v) is 5.65. The quantitative estimate of drug-likeness (QED) is 0.153. The molecule has 2 rings (SSSR count). The van der Waals surface area contributed by atoms with Crippen molar-refractivity contribution in [3.63, 3.8) is 0 Å². The van der Waals surface area contributed by atoms with Crippen LogP contribution >= 0.6 is 0 Å². The number of azide groups is 1. The number of hydrogen-bond donors (Lipinski definition) is 0. The van der Waals surface area contributed by atoms with Gasteiger partial charge in [0.2, 0.25) is 0 Å². The second kappa shape index (κ2) is 14.0. The van der Waals surface area contributed by atoms with Crippen LogP contribution in [0.25, 0.3) is 10.4 Å². The Labute approximate surface area is 183 Å². The molecule has 1 aromatic rings. The third kappa shape index (κ3) is 8.47. The van der Waals surface area contributed by atoms with E-state index in [2.05, 4.69) is 30.8 Å². The van der Waals surface area contributed by atoms with E-state index in [0.717, 1.165) is 0 Å². The number of benzene rings is 1. The maximum Gasteiger partial charge on any atom is 0.338 e. The monoisotopic (exact) mass is 435 g/mol. The molecular weight excluding hydrogens is 402 g/mol. The summed E-state index contributed by atoms with van der Waals surface area (Å²) in [6, 6.07) is 8.94. The molecule has 31 heavy (non-hydrogen) atoms. The summed E-state index contributed by atoms with van der Waals surface area (Å²) in [5, 5.41) is 3.39. The first kappa shape index (κ1) is 25.1. The van der Waals surface area contributed by atoms with E-state index in [0.29, 0.717) is 51.1 Å². The molecule has 0 saturated carbocycles. The lowest BCUT2D eigenvalue weighted by atomic mass is 9.79. The van der Waals surface area contributed by atoms with Gasteiger partial charge in [0.1, 0.15) is 6.61 Å². The van der Waals surface area contributed by atoms with Crippen LogP contribution in [0, 0.1) is 17.8 Å². The molecule has 1 aliphatic heterocycles. The molecule has 9 heteroatoms. The van der Waals surface area contributed by atoms with Crippen LogP contribution in [0.15, 0.2) is 35.4 Å². The molecule has 1 saturated heterocycles. The summed E-state index contributed by atoms with van der Waals surface area (Å²) < 4.78 is 28.3. The van der Waals surface area contributed by atoms with Crippen LogP contribution in [0.5, 0.6) is 0 Å². The first-order valence-electron chi connectivity index (χ1n) is 10.7. The number of carbonyl (C=O) groups is 1. The molecule has 172 valence electrons. The van der Waals surface area contributed by atoms with Gasteiger partial charge in [-0.25, -0.2) is 4.79 Å². The Bertz CT molecular complexity index is 698. The number of carbonyl (C=O) groups excluding carboxylic acids is 1. The standard InChI is InChI=1S/C22H33N3O6/c1-16-17(2)20(15-30-21(26)19-7-5-4-6-8-19)31-22(18(16)3)29-14-13-28-12-11-27-10-9-24-25-23/h4-8,16-18,20,22H,9-15H2,1-3H3. The fraction of sp³-hybridized carbons (Fsp3) is 0.682. The van der Waals surface area contributed by atoms with Gasteiger partial charge >= 0.3 is 5.97 Å². The Morgan fingerprint density at radius 3 is 2.39 bits per heavy atom. The molecule has 1 aliphatic rings. The lowest BCUT2D eigenvalue weighted by Crippen LogP contribution is -2.48. The van der Waals surface area contributed by atoms with E-state index < -0.39 is 0 Å². The van der Waals surface area contributed by atoms with Gasteiger partial charge in [-0.2, -0.15) is 0 Å². The minimum atomic E-state index is -0.379. The molecule has 1 aromatic carbocycles. The van der Waals surface area contributed by atoms with E-state index in [1.54, 1.807) is 12.1 Å². The average Bonchev–Trinajstić information content (AvgIpc) is 2.79. The molecule has 1 heterocycles. The number of rotatable bonds is 13. The second-order valence-electron chi connectivity index (χ2n) is 7.63. The number of nitrogens with zero attached hydrogens (tertiary/aromatic N) is 3. The predicted molar refractivity (Wildman–Crippen MR) is 114 cm³/mol. The average molecular weight is 436 g/mol. The van der Waals surface area contributed by atoms with E-state index in [1.807, 2.05) is 18.2 Å². The third-order valence-electron chi connectivity index (χ3n) is 5.65. The highest BCUT2D eigenvalue weighted by Crippen LogP contribution is 2.35. The topological polar surface area (TPSA) is 112 Å². The minimum absolute atomic E-state index is 0.190.